The van der Waals surface area contributed by atoms with Crippen LogP contribution in [0.5, 0.6) is 0 Å². The molecule has 1 heterocycles. The quantitative estimate of drug-likeness (QED) is 0.428. The molecule has 1 fully saturated rings. The molecule has 5 nitrogen and oxygen atoms in total. The zero-order valence-electron chi connectivity index (χ0n) is 20.0. The molecule has 6 heteroatoms. The highest BCUT2D eigenvalue weighted by molar-refractivity contribution is 8.00. The summed E-state index contributed by atoms with van der Waals surface area (Å²) in [5, 5.41) is 12.8. The normalized spacial score (nSPS) is 15.5. The lowest BCUT2D eigenvalue weighted by molar-refractivity contribution is -0.120. The molecule has 0 aliphatic heterocycles. The Bertz CT molecular complexity index is 1060. The summed E-state index contributed by atoms with van der Waals surface area (Å²) in [7, 11) is 0. The number of hydrogen-bond acceptors (Lipinski definition) is 4. The fourth-order valence-electron chi connectivity index (χ4n) is 4.31. The lowest BCUT2D eigenvalue weighted by Crippen LogP contribution is -2.30. The number of nitrogens with zero attached hydrogens (tertiary/aromatic N) is 3. The van der Waals surface area contributed by atoms with Crippen molar-refractivity contribution < 1.29 is 4.79 Å². The summed E-state index contributed by atoms with van der Waals surface area (Å²) in [6, 6.07) is 19.1. The molecule has 1 aliphatic rings. The summed E-state index contributed by atoms with van der Waals surface area (Å²) in [6.45, 7) is 9.15. The van der Waals surface area contributed by atoms with Crippen molar-refractivity contribution in [2.45, 2.75) is 81.8 Å². The Kier molecular flexibility index (Phi) is 7.23. The van der Waals surface area contributed by atoms with E-state index in [9.17, 15) is 4.79 Å². The molecule has 1 N–H and O–H groups in total. The van der Waals surface area contributed by atoms with E-state index in [2.05, 4.69) is 65.1 Å². The second-order valence-electron chi connectivity index (χ2n) is 9.91. The van der Waals surface area contributed by atoms with Gasteiger partial charge in [0.15, 0.2) is 11.0 Å². The number of aromatic nitrogens is 3. The van der Waals surface area contributed by atoms with Gasteiger partial charge in [-0.15, -0.1) is 10.2 Å². The molecule has 0 bridgehead atoms. The van der Waals surface area contributed by atoms with Crippen LogP contribution in [0.2, 0.25) is 0 Å². The van der Waals surface area contributed by atoms with Crippen molar-refractivity contribution in [3.63, 3.8) is 0 Å². The predicted molar refractivity (Wildman–Crippen MR) is 135 cm³/mol. The molecule has 1 atom stereocenters. The lowest BCUT2D eigenvalue weighted by Gasteiger charge is -2.20. The van der Waals surface area contributed by atoms with Crippen LogP contribution in [-0.2, 0) is 16.8 Å². The molecule has 1 saturated carbocycles. The van der Waals surface area contributed by atoms with Crippen molar-refractivity contribution in [2.75, 3.05) is 0 Å². The first kappa shape index (κ1) is 23.6. The van der Waals surface area contributed by atoms with Crippen LogP contribution in [-0.4, -0.2) is 25.9 Å². The van der Waals surface area contributed by atoms with E-state index < -0.39 is 0 Å². The second-order valence-corrected chi connectivity index (χ2v) is 11.2. The number of rotatable bonds is 7. The summed E-state index contributed by atoms with van der Waals surface area (Å²) in [6.07, 6.45) is 4.71. The van der Waals surface area contributed by atoms with Gasteiger partial charge in [0.2, 0.25) is 5.91 Å². The SMILES string of the molecule is CC(Sc1nnc(-c2ccc(C(C)(C)C)cc2)n1C1CCCC1)C(=O)NCc1ccccc1. The zero-order chi connectivity index (χ0) is 23.4. The number of carbonyl (C=O) groups excluding carboxylic acids is 1. The molecule has 1 amide bonds. The van der Waals surface area contributed by atoms with Gasteiger partial charge in [-0.05, 0) is 36.3 Å². The fraction of sp³-hybridized carbons (Fsp3) is 0.444. The maximum absolute atomic E-state index is 12.8. The number of hydrogen-bond donors (Lipinski definition) is 1. The minimum Gasteiger partial charge on any atom is -0.351 e. The topological polar surface area (TPSA) is 59.8 Å². The molecule has 0 radical (unpaired) electrons. The van der Waals surface area contributed by atoms with Crippen LogP contribution in [0.25, 0.3) is 11.4 Å². The predicted octanol–water partition coefficient (Wildman–Crippen LogP) is 6.15. The summed E-state index contributed by atoms with van der Waals surface area (Å²) < 4.78 is 2.28. The van der Waals surface area contributed by atoms with Gasteiger partial charge < -0.3 is 5.32 Å². The molecule has 174 valence electrons. The number of thioether (sulfide) groups is 1. The zero-order valence-corrected chi connectivity index (χ0v) is 20.9. The molecule has 1 unspecified atom stereocenters. The molecular formula is C27H34N4OS. The summed E-state index contributed by atoms with van der Waals surface area (Å²) >= 11 is 1.50. The average molecular weight is 463 g/mol. The van der Waals surface area contributed by atoms with Crippen LogP contribution in [0.4, 0.5) is 0 Å². The Labute approximate surface area is 201 Å². The van der Waals surface area contributed by atoms with Crippen molar-refractivity contribution in [3.05, 3.63) is 65.7 Å². The first-order valence-corrected chi connectivity index (χ1v) is 12.7. The highest BCUT2D eigenvalue weighted by Gasteiger charge is 2.27. The van der Waals surface area contributed by atoms with Crippen molar-refractivity contribution in [3.8, 4) is 11.4 Å². The van der Waals surface area contributed by atoms with Gasteiger partial charge in [0, 0.05) is 18.2 Å². The summed E-state index contributed by atoms with van der Waals surface area (Å²) in [4.78, 5) is 12.8. The molecular weight excluding hydrogens is 428 g/mol. The van der Waals surface area contributed by atoms with E-state index in [1.807, 2.05) is 37.3 Å². The maximum Gasteiger partial charge on any atom is 0.233 e. The van der Waals surface area contributed by atoms with E-state index in [-0.39, 0.29) is 16.6 Å². The Morgan fingerprint density at radius 1 is 1.06 bits per heavy atom. The minimum absolute atomic E-state index is 0.0147. The minimum atomic E-state index is -0.255. The Balaban J connectivity index is 1.53. The van der Waals surface area contributed by atoms with Gasteiger partial charge in [-0.1, -0.05) is 100.0 Å². The van der Waals surface area contributed by atoms with Gasteiger partial charge in [0.05, 0.1) is 5.25 Å². The van der Waals surface area contributed by atoms with E-state index in [0.29, 0.717) is 12.6 Å². The van der Waals surface area contributed by atoms with E-state index in [4.69, 9.17) is 0 Å². The molecule has 0 saturated heterocycles. The summed E-state index contributed by atoms with van der Waals surface area (Å²) in [5.74, 6) is 0.919. The summed E-state index contributed by atoms with van der Waals surface area (Å²) in [5.41, 5.74) is 3.59. The Hall–Kier alpha value is -2.60. The molecule has 4 rings (SSSR count). The molecule has 1 aromatic heterocycles. The first-order chi connectivity index (χ1) is 15.8. The molecule has 3 aromatic rings. The Morgan fingerprint density at radius 2 is 1.73 bits per heavy atom. The van der Waals surface area contributed by atoms with Crippen LogP contribution in [0.1, 0.15) is 70.5 Å². The molecule has 0 spiro atoms. The maximum atomic E-state index is 12.8. The van der Waals surface area contributed by atoms with E-state index in [1.165, 1.54) is 30.2 Å². The third-order valence-corrected chi connectivity index (χ3v) is 7.38. The van der Waals surface area contributed by atoms with Gasteiger partial charge in [-0.2, -0.15) is 0 Å². The van der Waals surface area contributed by atoms with E-state index in [0.717, 1.165) is 34.9 Å². The van der Waals surface area contributed by atoms with Crippen LogP contribution < -0.4 is 5.32 Å². The highest BCUT2D eigenvalue weighted by atomic mass is 32.2. The third kappa shape index (κ3) is 5.67. The molecule has 2 aromatic carbocycles. The van der Waals surface area contributed by atoms with Crippen LogP contribution >= 0.6 is 11.8 Å². The van der Waals surface area contributed by atoms with Gasteiger partial charge in [-0.3, -0.25) is 9.36 Å². The largest absolute Gasteiger partial charge is 0.351 e. The monoisotopic (exact) mass is 462 g/mol. The first-order valence-electron chi connectivity index (χ1n) is 11.9. The number of carbonyl (C=O) groups is 1. The fourth-order valence-corrected chi connectivity index (χ4v) is 5.25. The van der Waals surface area contributed by atoms with Crippen LogP contribution in [0, 0.1) is 0 Å². The van der Waals surface area contributed by atoms with Crippen molar-refractivity contribution >= 4 is 17.7 Å². The average Bonchev–Trinajstić information content (AvgIpc) is 3.47. The van der Waals surface area contributed by atoms with Crippen molar-refractivity contribution in [2.24, 2.45) is 0 Å². The van der Waals surface area contributed by atoms with Crippen molar-refractivity contribution in [1.82, 2.24) is 20.1 Å². The standard InChI is InChI=1S/C27H34N4OS/c1-19(25(32)28-18-20-10-6-5-7-11-20)33-26-30-29-24(31(26)23-12-8-9-13-23)21-14-16-22(17-15-21)27(2,3)4/h5-7,10-11,14-17,19,23H,8-9,12-13,18H2,1-4H3,(H,28,32). The van der Waals surface area contributed by atoms with Gasteiger partial charge in [0.25, 0.3) is 0 Å². The lowest BCUT2D eigenvalue weighted by atomic mass is 9.86. The Morgan fingerprint density at radius 3 is 2.36 bits per heavy atom. The van der Waals surface area contributed by atoms with E-state index >= 15 is 0 Å². The smallest absolute Gasteiger partial charge is 0.233 e. The molecule has 1 aliphatic carbocycles. The van der Waals surface area contributed by atoms with Gasteiger partial charge >= 0.3 is 0 Å². The van der Waals surface area contributed by atoms with Gasteiger partial charge in [0.1, 0.15) is 0 Å². The molecule has 33 heavy (non-hydrogen) atoms. The third-order valence-electron chi connectivity index (χ3n) is 6.32. The van der Waals surface area contributed by atoms with E-state index in [1.54, 1.807) is 0 Å². The number of benzene rings is 2. The number of amides is 1. The van der Waals surface area contributed by atoms with Crippen molar-refractivity contribution in [1.29, 1.82) is 0 Å². The second kappa shape index (κ2) is 10.1. The van der Waals surface area contributed by atoms with Gasteiger partial charge in [-0.25, -0.2) is 0 Å². The highest BCUT2D eigenvalue weighted by Crippen LogP contribution is 2.38. The van der Waals surface area contributed by atoms with Crippen LogP contribution in [0.15, 0.2) is 59.8 Å². The number of nitrogens with one attached hydrogen (secondary N) is 1. The van der Waals surface area contributed by atoms with Crippen LogP contribution in [0.3, 0.4) is 0 Å².